The molecule has 1 fully saturated rings. The minimum absolute atomic E-state index is 0.122. The SMILES string of the molecule is Cc1ccc(C(=O)NC2CC2)cc1NC(=O)CCc1c(C)nc2c(C(N)=O)cnn2c1C. The third-order valence-corrected chi connectivity index (χ3v) is 5.76. The molecule has 2 aromatic heterocycles. The number of nitrogens with zero attached hydrogens (tertiary/aromatic N) is 3. The lowest BCUT2D eigenvalue weighted by atomic mass is 10.1. The maximum atomic E-state index is 12.7. The minimum atomic E-state index is -0.582. The summed E-state index contributed by atoms with van der Waals surface area (Å²) in [6.45, 7) is 5.60. The fourth-order valence-corrected chi connectivity index (χ4v) is 3.69. The number of fused-ring (bicyclic) bond motifs is 1. The van der Waals surface area contributed by atoms with Crippen LogP contribution in [0.25, 0.3) is 5.65 Å². The summed E-state index contributed by atoms with van der Waals surface area (Å²) in [5, 5.41) is 10.1. The Kier molecular flexibility index (Phi) is 5.65. The van der Waals surface area contributed by atoms with Crippen LogP contribution in [-0.2, 0) is 11.2 Å². The average Bonchev–Trinajstić information content (AvgIpc) is 3.44. The number of carbonyl (C=O) groups excluding carboxylic acids is 3. The molecule has 0 radical (unpaired) electrons. The van der Waals surface area contributed by atoms with Crippen molar-refractivity contribution in [2.75, 3.05) is 5.32 Å². The van der Waals surface area contributed by atoms with Gasteiger partial charge in [-0.3, -0.25) is 14.4 Å². The highest BCUT2D eigenvalue weighted by molar-refractivity contribution is 5.99. The van der Waals surface area contributed by atoms with Crippen molar-refractivity contribution < 1.29 is 14.4 Å². The number of nitrogens with one attached hydrogen (secondary N) is 2. The van der Waals surface area contributed by atoms with Crippen LogP contribution in [0.1, 0.15) is 62.5 Å². The van der Waals surface area contributed by atoms with Crippen molar-refractivity contribution in [3.8, 4) is 0 Å². The van der Waals surface area contributed by atoms with E-state index in [9.17, 15) is 14.4 Å². The molecule has 4 rings (SSSR count). The Labute approximate surface area is 185 Å². The Morgan fingerprint density at radius 2 is 1.94 bits per heavy atom. The molecule has 9 heteroatoms. The van der Waals surface area contributed by atoms with Gasteiger partial charge in [0.15, 0.2) is 5.65 Å². The number of anilines is 1. The molecule has 1 saturated carbocycles. The molecule has 0 aliphatic heterocycles. The molecule has 0 unspecified atom stereocenters. The smallest absolute Gasteiger partial charge is 0.254 e. The summed E-state index contributed by atoms with van der Waals surface area (Å²) in [5.41, 5.74) is 10.5. The van der Waals surface area contributed by atoms with E-state index in [2.05, 4.69) is 20.7 Å². The van der Waals surface area contributed by atoms with Gasteiger partial charge < -0.3 is 16.4 Å². The number of carbonyl (C=O) groups is 3. The Bertz CT molecular complexity index is 1240. The highest BCUT2D eigenvalue weighted by Crippen LogP contribution is 2.22. The van der Waals surface area contributed by atoms with E-state index in [1.54, 1.807) is 16.6 Å². The van der Waals surface area contributed by atoms with Crippen LogP contribution in [0.15, 0.2) is 24.4 Å². The molecule has 4 N–H and O–H groups in total. The van der Waals surface area contributed by atoms with E-state index >= 15 is 0 Å². The largest absolute Gasteiger partial charge is 0.365 e. The van der Waals surface area contributed by atoms with E-state index in [0.29, 0.717) is 23.3 Å². The highest BCUT2D eigenvalue weighted by Gasteiger charge is 2.24. The molecular weight excluding hydrogens is 408 g/mol. The summed E-state index contributed by atoms with van der Waals surface area (Å²) in [6.07, 6.45) is 4.13. The average molecular weight is 435 g/mol. The summed E-state index contributed by atoms with van der Waals surface area (Å²) >= 11 is 0. The first kappa shape index (κ1) is 21.5. The molecular formula is C23H26N6O3. The van der Waals surface area contributed by atoms with Crippen molar-refractivity contribution in [3.05, 3.63) is 58.0 Å². The molecule has 0 spiro atoms. The van der Waals surface area contributed by atoms with Crippen molar-refractivity contribution in [1.29, 1.82) is 0 Å². The summed E-state index contributed by atoms with van der Waals surface area (Å²) in [7, 11) is 0. The van der Waals surface area contributed by atoms with Gasteiger partial charge in [0.1, 0.15) is 5.56 Å². The van der Waals surface area contributed by atoms with Crippen LogP contribution >= 0.6 is 0 Å². The van der Waals surface area contributed by atoms with Gasteiger partial charge in [0.25, 0.3) is 11.8 Å². The molecule has 1 aliphatic rings. The van der Waals surface area contributed by atoms with Gasteiger partial charge in [-0.15, -0.1) is 0 Å². The topological polar surface area (TPSA) is 131 Å². The lowest BCUT2D eigenvalue weighted by Gasteiger charge is -2.13. The second-order valence-electron chi connectivity index (χ2n) is 8.24. The van der Waals surface area contributed by atoms with Crippen LogP contribution in [0, 0.1) is 20.8 Å². The fourth-order valence-electron chi connectivity index (χ4n) is 3.69. The highest BCUT2D eigenvalue weighted by atomic mass is 16.2. The van der Waals surface area contributed by atoms with E-state index in [4.69, 9.17) is 5.73 Å². The van der Waals surface area contributed by atoms with Crippen LogP contribution in [0.5, 0.6) is 0 Å². The zero-order valence-corrected chi connectivity index (χ0v) is 18.4. The van der Waals surface area contributed by atoms with Crippen LogP contribution < -0.4 is 16.4 Å². The molecule has 32 heavy (non-hydrogen) atoms. The molecule has 0 bridgehead atoms. The van der Waals surface area contributed by atoms with Crippen molar-refractivity contribution >= 4 is 29.1 Å². The Hall–Kier alpha value is -3.75. The summed E-state index contributed by atoms with van der Waals surface area (Å²) in [6, 6.07) is 5.58. The van der Waals surface area contributed by atoms with Gasteiger partial charge in [-0.25, -0.2) is 9.50 Å². The first-order valence-electron chi connectivity index (χ1n) is 10.6. The third-order valence-electron chi connectivity index (χ3n) is 5.76. The second-order valence-corrected chi connectivity index (χ2v) is 8.24. The minimum Gasteiger partial charge on any atom is -0.365 e. The first-order chi connectivity index (χ1) is 15.2. The van der Waals surface area contributed by atoms with E-state index < -0.39 is 5.91 Å². The second kappa shape index (κ2) is 8.41. The summed E-state index contributed by atoms with van der Waals surface area (Å²) in [4.78, 5) is 41.0. The van der Waals surface area contributed by atoms with Gasteiger partial charge >= 0.3 is 0 Å². The lowest BCUT2D eigenvalue weighted by Crippen LogP contribution is -2.25. The Morgan fingerprint density at radius 1 is 1.19 bits per heavy atom. The van der Waals surface area contributed by atoms with Gasteiger partial charge in [0.2, 0.25) is 5.91 Å². The third kappa shape index (κ3) is 4.32. The zero-order valence-electron chi connectivity index (χ0n) is 18.4. The van der Waals surface area contributed by atoms with Crippen molar-refractivity contribution in [3.63, 3.8) is 0 Å². The molecule has 3 amide bonds. The van der Waals surface area contributed by atoms with Gasteiger partial charge in [0, 0.05) is 35.1 Å². The quantitative estimate of drug-likeness (QED) is 0.525. The van der Waals surface area contributed by atoms with Gasteiger partial charge in [-0.2, -0.15) is 5.10 Å². The number of primary amides is 1. The van der Waals surface area contributed by atoms with Crippen LogP contribution in [0.4, 0.5) is 5.69 Å². The number of benzene rings is 1. The van der Waals surface area contributed by atoms with E-state index in [0.717, 1.165) is 35.4 Å². The van der Waals surface area contributed by atoms with Crippen molar-refractivity contribution in [2.24, 2.45) is 5.73 Å². The lowest BCUT2D eigenvalue weighted by molar-refractivity contribution is -0.116. The number of amides is 3. The number of rotatable bonds is 7. The van der Waals surface area contributed by atoms with Crippen molar-refractivity contribution in [1.82, 2.24) is 19.9 Å². The standard InChI is InChI=1S/C23H26N6O3/c1-12-4-5-15(23(32)27-16-6-7-16)10-19(12)28-20(30)9-8-17-13(2)26-22-18(21(24)31)11-25-29(22)14(17)3/h4-5,10-11,16H,6-9H2,1-3H3,(H2,24,31)(H,27,32)(H,28,30). The predicted molar refractivity (Wildman–Crippen MR) is 120 cm³/mol. The Balaban J connectivity index is 1.47. The number of nitrogens with two attached hydrogens (primary N) is 1. The van der Waals surface area contributed by atoms with Crippen LogP contribution in [-0.4, -0.2) is 38.4 Å². The predicted octanol–water partition coefficient (Wildman–Crippen LogP) is 2.22. The molecule has 3 aromatic rings. The first-order valence-corrected chi connectivity index (χ1v) is 10.6. The fraction of sp³-hybridized carbons (Fsp3) is 0.348. The maximum absolute atomic E-state index is 12.7. The number of aryl methyl sites for hydroxylation is 3. The summed E-state index contributed by atoms with van der Waals surface area (Å²) < 4.78 is 1.58. The number of hydrogen-bond acceptors (Lipinski definition) is 5. The number of aromatic nitrogens is 3. The monoisotopic (exact) mass is 434 g/mol. The molecule has 1 aliphatic carbocycles. The van der Waals surface area contributed by atoms with Gasteiger partial charge in [-0.05, 0) is 63.3 Å². The molecule has 9 nitrogen and oxygen atoms in total. The molecule has 0 atom stereocenters. The Morgan fingerprint density at radius 3 is 2.62 bits per heavy atom. The van der Waals surface area contributed by atoms with Crippen LogP contribution in [0.2, 0.25) is 0 Å². The van der Waals surface area contributed by atoms with Gasteiger partial charge in [-0.1, -0.05) is 6.07 Å². The zero-order chi connectivity index (χ0) is 23.0. The molecule has 0 saturated heterocycles. The number of hydrogen-bond donors (Lipinski definition) is 3. The van der Waals surface area contributed by atoms with E-state index in [-0.39, 0.29) is 29.8 Å². The maximum Gasteiger partial charge on any atom is 0.254 e. The van der Waals surface area contributed by atoms with Gasteiger partial charge in [0.05, 0.1) is 6.20 Å². The molecule has 2 heterocycles. The molecule has 166 valence electrons. The summed E-state index contributed by atoms with van der Waals surface area (Å²) in [5.74, 6) is -0.866. The van der Waals surface area contributed by atoms with E-state index in [1.807, 2.05) is 26.8 Å². The van der Waals surface area contributed by atoms with E-state index in [1.165, 1.54) is 6.20 Å². The van der Waals surface area contributed by atoms with Crippen LogP contribution in [0.3, 0.4) is 0 Å². The molecule has 1 aromatic carbocycles. The van der Waals surface area contributed by atoms with Crippen molar-refractivity contribution in [2.45, 2.75) is 52.5 Å². The normalized spacial score (nSPS) is 13.2.